The van der Waals surface area contributed by atoms with Crippen LogP contribution in [0.1, 0.15) is 20.8 Å². The number of benzene rings is 1. The molecule has 1 rings (SSSR count). The van der Waals surface area contributed by atoms with Crippen molar-refractivity contribution in [2.24, 2.45) is 0 Å². The Balaban J connectivity index is 2.57. The number of esters is 1. The highest BCUT2D eigenvalue weighted by Crippen LogP contribution is 2.15. The van der Waals surface area contributed by atoms with Crippen LogP contribution in [-0.4, -0.2) is 39.0 Å². The van der Waals surface area contributed by atoms with Gasteiger partial charge in [-0.25, -0.2) is 8.42 Å². The van der Waals surface area contributed by atoms with E-state index in [0.29, 0.717) is 4.47 Å². The molecule has 9 heteroatoms. The van der Waals surface area contributed by atoms with E-state index in [4.69, 9.17) is 4.74 Å². The maximum atomic E-state index is 12.0. The number of hydrogen-bond donors (Lipinski definition) is 2. The first kappa shape index (κ1) is 19.6. The highest BCUT2D eigenvalue weighted by molar-refractivity contribution is 9.10. The fourth-order valence-electron chi connectivity index (χ4n) is 1.57. The molecule has 0 spiro atoms. The lowest BCUT2D eigenvalue weighted by Gasteiger charge is -2.15. The van der Waals surface area contributed by atoms with Crippen LogP contribution in [0.4, 0.5) is 0 Å². The van der Waals surface area contributed by atoms with E-state index in [-0.39, 0.29) is 10.9 Å². The Hall–Kier alpha value is -1.45. The number of ether oxygens (including phenoxy) is 1. The van der Waals surface area contributed by atoms with Gasteiger partial charge in [-0.3, -0.25) is 9.59 Å². The second-order valence-electron chi connectivity index (χ2n) is 5.08. The molecule has 0 saturated carbocycles. The quantitative estimate of drug-likeness (QED) is 0.662. The summed E-state index contributed by atoms with van der Waals surface area (Å²) < 4.78 is 31.7. The fraction of sp³-hybridized carbons (Fsp3) is 0.429. The molecule has 1 aromatic rings. The predicted octanol–water partition coefficient (Wildman–Crippen LogP) is 1.18. The third-order valence-electron chi connectivity index (χ3n) is 2.62. The number of hydrogen-bond acceptors (Lipinski definition) is 5. The Morgan fingerprint density at radius 1 is 1.26 bits per heavy atom. The number of rotatable bonds is 7. The van der Waals surface area contributed by atoms with Gasteiger partial charge in [0, 0.05) is 10.5 Å². The van der Waals surface area contributed by atoms with E-state index in [1.54, 1.807) is 26.0 Å². The van der Waals surface area contributed by atoms with Gasteiger partial charge in [0.2, 0.25) is 10.0 Å². The van der Waals surface area contributed by atoms with Crippen LogP contribution in [0.2, 0.25) is 0 Å². The third kappa shape index (κ3) is 6.67. The van der Waals surface area contributed by atoms with Gasteiger partial charge in [0.1, 0.15) is 6.54 Å². The minimum atomic E-state index is -3.83. The zero-order valence-corrected chi connectivity index (χ0v) is 15.4. The Labute approximate surface area is 144 Å². The van der Waals surface area contributed by atoms with Crippen molar-refractivity contribution in [3.63, 3.8) is 0 Å². The minimum Gasteiger partial charge on any atom is -0.452 e. The van der Waals surface area contributed by atoms with Gasteiger partial charge in [-0.15, -0.1) is 0 Å². The van der Waals surface area contributed by atoms with E-state index in [9.17, 15) is 18.0 Å². The van der Waals surface area contributed by atoms with E-state index in [0.717, 1.165) is 0 Å². The van der Waals surface area contributed by atoms with Crippen molar-refractivity contribution in [2.45, 2.75) is 37.8 Å². The molecule has 0 aliphatic heterocycles. The highest BCUT2D eigenvalue weighted by atomic mass is 79.9. The van der Waals surface area contributed by atoms with E-state index in [1.807, 2.05) is 0 Å². The van der Waals surface area contributed by atoms with Crippen molar-refractivity contribution in [2.75, 3.05) is 6.54 Å². The molecule has 0 saturated heterocycles. The summed E-state index contributed by atoms with van der Waals surface area (Å²) in [6.07, 6.45) is -1.000. The Morgan fingerprint density at radius 2 is 1.91 bits per heavy atom. The van der Waals surface area contributed by atoms with Crippen LogP contribution in [0.15, 0.2) is 33.6 Å². The molecule has 0 bridgehead atoms. The molecule has 1 unspecified atom stereocenters. The van der Waals surface area contributed by atoms with Crippen LogP contribution in [0, 0.1) is 0 Å². The molecular weight excluding hydrogens is 388 g/mol. The van der Waals surface area contributed by atoms with E-state index in [1.165, 1.54) is 19.1 Å². The summed E-state index contributed by atoms with van der Waals surface area (Å²) in [5.41, 5.74) is 0. The zero-order valence-electron chi connectivity index (χ0n) is 13.0. The number of carbonyl (C=O) groups excluding carboxylic acids is 2. The second kappa shape index (κ2) is 8.42. The van der Waals surface area contributed by atoms with Gasteiger partial charge in [-0.1, -0.05) is 22.0 Å². The van der Waals surface area contributed by atoms with E-state index in [2.05, 4.69) is 26.0 Å². The molecule has 7 nitrogen and oxygen atoms in total. The van der Waals surface area contributed by atoms with Gasteiger partial charge in [-0.05, 0) is 39.0 Å². The monoisotopic (exact) mass is 406 g/mol. The fourth-order valence-corrected chi connectivity index (χ4v) is 3.13. The summed E-state index contributed by atoms with van der Waals surface area (Å²) in [5.74, 6) is -1.28. The average Bonchev–Trinajstić information content (AvgIpc) is 2.44. The first-order valence-corrected chi connectivity index (χ1v) is 9.14. The smallest absolute Gasteiger partial charge is 0.321 e. The molecule has 0 radical (unpaired) electrons. The first-order valence-electron chi connectivity index (χ1n) is 6.87. The summed E-state index contributed by atoms with van der Waals surface area (Å²) in [7, 11) is -3.83. The SMILES string of the molecule is CC(C)NC(=O)C(C)OC(=O)CNS(=O)(=O)c1cccc(Br)c1. The maximum absolute atomic E-state index is 12.0. The van der Waals surface area contributed by atoms with Gasteiger partial charge < -0.3 is 10.1 Å². The van der Waals surface area contributed by atoms with Crippen molar-refractivity contribution in [1.29, 1.82) is 0 Å². The van der Waals surface area contributed by atoms with Gasteiger partial charge in [0.15, 0.2) is 6.10 Å². The zero-order chi connectivity index (χ0) is 17.6. The topological polar surface area (TPSA) is 102 Å². The summed E-state index contributed by atoms with van der Waals surface area (Å²) in [4.78, 5) is 23.3. The molecular formula is C14H19BrN2O5S. The van der Waals surface area contributed by atoms with Crippen LogP contribution in [-0.2, 0) is 24.3 Å². The molecule has 0 aliphatic carbocycles. The van der Waals surface area contributed by atoms with Crippen molar-refractivity contribution in [3.8, 4) is 0 Å². The molecule has 1 aromatic carbocycles. The first-order chi connectivity index (χ1) is 10.6. The molecule has 0 heterocycles. The Bertz CT molecular complexity index is 676. The molecule has 128 valence electrons. The lowest BCUT2D eigenvalue weighted by molar-refractivity contribution is -0.153. The average molecular weight is 407 g/mol. The molecule has 23 heavy (non-hydrogen) atoms. The second-order valence-corrected chi connectivity index (χ2v) is 7.76. The third-order valence-corrected chi connectivity index (χ3v) is 4.51. The van der Waals surface area contributed by atoms with Crippen LogP contribution in [0.5, 0.6) is 0 Å². The van der Waals surface area contributed by atoms with Crippen molar-refractivity contribution in [3.05, 3.63) is 28.7 Å². The lowest BCUT2D eigenvalue weighted by atomic mass is 10.3. The van der Waals surface area contributed by atoms with Gasteiger partial charge in [-0.2, -0.15) is 4.72 Å². The van der Waals surface area contributed by atoms with Crippen LogP contribution < -0.4 is 10.0 Å². The van der Waals surface area contributed by atoms with Gasteiger partial charge in [0.05, 0.1) is 4.90 Å². The standard InChI is InChI=1S/C14H19BrN2O5S/c1-9(2)17-14(19)10(3)22-13(18)8-16-23(20,21)12-6-4-5-11(15)7-12/h4-7,9-10,16H,8H2,1-3H3,(H,17,19). The molecule has 0 fully saturated rings. The summed E-state index contributed by atoms with van der Waals surface area (Å²) in [6.45, 7) is 4.41. The summed E-state index contributed by atoms with van der Waals surface area (Å²) >= 11 is 3.17. The van der Waals surface area contributed by atoms with Gasteiger partial charge >= 0.3 is 5.97 Å². The van der Waals surface area contributed by atoms with Crippen molar-refractivity contribution >= 4 is 37.8 Å². The lowest BCUT2D eigenvalue weighted by Crippen LogP contribution is -2.41. The minimum absolute atomic E-state index is 0.0188. The summed E-state index contributed by atoms with van der Waals surface area (Å²) in [5, 5.41) is 2.59. The van der Waals surface area contributed by atoms with E-state index < -0.39 is 34.5 Å². The van der Waals surface area contributed by atoms with Crippen LogP contribution in [0.25, 0.3) is 0 Å². The molecule has 1 amide bonds. The van der Waals surface area contributed by atoms with Crippen LogP contribution >= 0.6 is 15.9 Å². The van der Waals surface area contributed by atoms with Crippen molar-refractivity contribution < 1.29 is 22.7 Å². The number of halogens is 1. The Morgan fingerprint density at radius 3 is 2.48 bits per heavy atom. The van der Waals surface area contributed by atoms with Crippen LogP contribution in [0.3, 0.4) is 0 Å². The highest BCUT2D eigenvalue weighted by Gasteiger charge is 2.20. The van der Waals surface area contributed by atoms with Gasteiger partial charge in [0.25, 0.3) is 5.91 Å². The predicted molar refractivity (Wildman–Crippen MR) is 88.2 cm³/mol. The Kier molecular flexibility index (Phi) is 7.17. The maximum Gasteiger partial charge on any atom is 0.321 e. The number of amides is 1. The number of carbonyl (C=O) groups is 2. The normalized spacial score (nSPS) is 12.7. The molecule has 1 atom stereocenters. The summed E-state index contributed by atoms with van der Waals surface area (Å²) in [6, 6.07) is 5.97. The number of nitrogens with one attached hydrogen (secondary N) is 2. The van der Waals surface area contributed by atoms with E-state index >= 15 is 0 Å². The molecule has 0 aromatic heterocycles. The van der Waals surface area contributed by atoms with Crippen molar-refractivity contribution in [1.82, 2.24) is 10.0 Å². The molecule has 0 aliphatic rings. The number of sulfonamides is 1. The largest absolute Gasteiger partial charge is 0.452 e. The molecule has 2 N–H and O–H groups in total.